The normalized spacial score (nSPS) is 11.1. The zero-order valence-corrected chi connectivity index (χ0v) is 26.0. The first-order chi connectivity index (χ1) is 21.1. The summed E-state index contributed by atoms with van der Waals surface area (Å²) in [5, 5.41) is 11.6. The lowest BCUT2D eigenvalue weighted by Crippen LogP contribution is -2.34. The van der Waals surface area contributed by atoms with Crippen molar-refractivity contribution in [1.82, 2.24) is 20.5 Å². The quantitative estimate of drug-likeness (QED) is 0.0762. The maximum absolute atomic E-state index is 12.3. The first-order valence-electron chi connectivity index (χ1n) is 16.1. The van der Waals surface area contributed by atoms with Gasteiger partial charge in [0.1, 0.15) is 11.4 Å². The van der Waals surface area contributed by atoms with E-state index in [4.69, 9.17) is 9.84 Å². The number of ether oxygens (including phenoxy) is 1. The molecule has 3 rings (SSSR count). The van der Waals surface area contributed by atoms with Crippen molar-refractivity contribution in [2.24, 2.45) is 5.10 Å². The highest BCUT2D eigenvalue weighted by Crippen LogP contribution is 2.25. The minimum atomic E-state index is -0.377. The van der Waals surface area contributed by atoms with Crippen LogP contribution in [0.15, 0.2) is 65.9 Å². The molecular formula is C35H49N5O3. The van der Waals surface area contributed by atoms with Crippen LogP contribution in [-0.4, -0.2) is 41.0 Å². The molecule has 0 aliphatic carbocycles. The summed E-state index contributed by atoms with van der Waals surface area (Å²) in [5.74, 6) is 0.326. The summed E-state index contributed by atoms with van der Waals surface area (Å²) in [6, 6.07) is 17.6. The van der Waals surface area contributed by atoms with Gasteiger partial charge in [-0.15, -0.1) is 0 Å². The van der Waals surface area contributed by atoms with E-state index in [0.29, 0.717) is 13.0 Å². The molecule has 0 unspecified atom stereocenters. The third-order valence-corrected chi connectivity index (χ3v) is 7.21. The Morgan fingerprint density at radius 1 is 0.814 bits per heavy atom. The summed E-state index contributed by atoms with van der Waals surface area (Å²) in [6.07, 6.45) is 18.4. The Bertz CT molecular complexity index is 1240. The minimum absolute atomic E-state index is 0.104. The molecule has 2 N–H and O–H groups in total. The molecule has 8 nitrogen and oxygen atoms in total. The first-order valence-corrected chi connectivity index (χ1v) is 16.1. The molecule has 0 aliphatic heterocycles. The Labute approximate surface area is 257 Å². The number of aromatic nitrogens is 2. The van der Waals surface area contributed by atoms with E-state index in [0.717, 1.165) is 53.9 Å². The smallest absolute Gasteiger partial charge is 0.259 e. The van der Waals surface area contributed by atoms with Crippen molar-refractivity contribution in [3.8, 4) is 22.7 Å². The van der Waals surface area contributed by atoms with Gasteiger partial charge in [-0.25, -0.2) is 10.1 Å². The number of carbonyl (C=O) groups is 2. The van der Waals surface area contributed by atoms with Crippen LogP contribution in [0.1, 0.15) is 103 Å². The molecule has 3 aromatic rings. The molecule has 2 aromatic carbocycles. The maximum Gasteiger partial charge on any atom is 0.259 e. The van der Waals surface area contributed by atoms with Gasteiger partial charge in [-0.2, -0.15) is 10.2 Å². The van der Waals surface area contributed by atoms with Crippen molar-refractivity contribution in [2.45, 2.75) is 97.3 Å². The van der Waals surface area contributed by atoms with Crippen LogP contribution in [0, 0.1) is 0 Å². The van der Waals surface area contributed by atoms with Crippen LogP contribution in [-0.2, 0) is 9.59 Å². The van der Waals surface area contributed by atoms with Crippen LogP contribution >= 0.6 is 0 Å². The molecule has 0 atom stereocenters. The predicted molar refractivity (Wildman–Crippen MR) is 175 cm³/mol. The number of amides is 2. The van der Waals surface area contributed by atoms with Crippen LogP contribution in [0.3, 0.4) is 0 Å². The third-order valence-electron chi connectivity index (χ3n) is 7.21. The second-order valence-electron chi connectivity index (χ2n) is 10.9. The Morgan fingerprint density at radius 2 is 1.47 bits per heavy atom. The molecule has 0 spiro atoms. The molecule has 0 saturated heterocycles. The molecular weight excluding hydrogens is 538 g/mol. The lowest BCUT2D eigenvalue weighted by atomic mass is 10.1. The van der Waals surface area contributed by atoms with Gasteiger partial charge in [-0.05, 0) is 49.2 Å². The average Bonchev–Trinajstić information content (AvgIpc) is 3.46. The predicted octanol–water partition coefficient (Wildman–Crippen LogP) is 7.60. The summed E-state index contributed by atoms with van der Waals surface area (Å²) >= 11 is 0. The van der Waals surface area contributed by atoms with Crippen molar-refractivity contribution in [3.05, 3.63) is 66.4 Å². The van der Waals surface area contributed by atoms with E-state index in [-0.39, 0.29) is 18.4 Å². The molecule has 1 aromatic heterocycles. The summed E-state index contributed by atoms with van der Waals surface area (Å²) in [6.45, 7) is 4.88. The molecule has 2 amide bonds. The number of hydrazone groups is 1. The van der Waals surface area contributed by atoms with E-state index in [1.807, 2.05) is 60.8 Å². The van der Waals surface area contributed by atoms with Gasteiger partial charge in [0.2, 0.25) is 5.91 Å². The van der Waals surface area contributed by atoms with Crippen LogP contribution in [0.4, 0.5) is 0 Å². The monoisotopic (exact) mass is 587 g/mol. The van der Waals surface area contributed by atoms with Crippen molar-refractivity contribution >= 4 is 18.0 Å². The van der Waals surface area contributed by atoms with Gasteiger partial charge in [0.25, 0.3) is 5.91 Å². The topological polar surface area (TPSA) is 97.6 Å². The molecule has 0 saturated carbocycles. The molecule has 1 heterocycles. The van der Waals surface area contributed by atoms with Crippen LogP contribution in [0.25, 0.3) is 16.9 Å². The third kappa shape index (κ3) is 12.8. The molecule has 0 fully saturated rings. The minimum Gasteiger partial charge on any atom is -0.494 e. The summed E-state index contributed by atoms with van der Waals surface area (Å²) in [5.41, 5.74) is 5.80. The Kier molecular flexibility index (Phi) is 15.6. The lowest BCUT2D eigenvalue weighted by molar-refractivity contribution is -0.126. The van der Waals surface area contributed by atoms with E-state index in [1.54, 1.807) is 10.9 Å². The van der Waals surface area contributed by atoms with Gasteiger partial charge >= 0.3 is 0 Å². The van der Waals surface area contributed by atoms with Crippen LogP contribution in [0.2, 0.25) is 0 Å². The molecule has 232 valence electrons. The van der Waals surface area contributed by atoms with Crippen molar-refractivity contribution in [3.63, 3.8) is 0 Å². The van der Waals surface area contributed by atoms with E-state index >= 15 is 0 Å². The van der Waals surface area contributed by atoms with Gasteiger partial charge in [0.15, 0.2) is 0 Å². The number of carbonyl (C=O) groups excluding carboxylic acids is 2. The van der Waals surface area contributed by atoms with Crippen molar-refractivity contribution in [1.29, 1.82) is 0 Å². The van der Waals surface area contributed by atoms with Gasteiger partial charge in [-0.3, -0.25) is 9.59 Å². The summed E-state index contributed by atoms with van der Waals surface area (Å²) in [4.78, 5) is 24.5. The molecule has 43 heavy (non-hydrogen) atoms. The van der Waals surface area contributed by atoms with E-state index in [1.165, 1.54) is 51.4 Å². The fourth-order valence-electron chi connectivity index (χ4n) is 4.78. The Balaban J connectivity index is 1.42. The number of hydrogen-bond acceptors (Lipinski definition) is 5. The number of nitrogens with zero attached hydrogens (tertiary/aromatic N) is 3. The summed E-state index contributed by atoms with van der Waals surface area (Å²) < 4.78 is 7.50. The highest BCUT2D eigenvalue weighted by molar-refractivity contribution is 5.90. The van der Waals surface area contributed by atoms with Crippen LogP contribution < -0.4 is 15.5 Å². The number of hydrogen-bond donors (Lipinski definition) is 2. The largest absolute Gasteiger partial charge is 0.494 e. The van der Waals surface area contributed by atoms with Crippen molar-refractivity contribution in [2.75, 3.05) is 13.2 Å². The SMILES string of the molecule is CCCCCCCCCCCCCC(=O)NCC(=O)N/N=C\c1cn(-c2ccccc2)nc1-c1ccc(OCCC)cc1. The van der Waals surface area contributed by atoms with Crippen molar-refractivity contribution < 1.29 is 14.3 Å². The Hall–Kier alpha value is -3.94. The van der Waals surface area contributed by atoms with Gasteiger partial charge in [0, 0.05) is 23.7 Å². The second-order valence-corrected chi connectivity index (χ2v) is 10.9. The summed E-state index contributed by atoms with van der Waals surface area (Å²) in [7, 11) is 0. The Morgan fingerprint density at radius 3 is 2.12 bits per heavy atom. The van der Waals surface area contributed by atoms with E-state index in [9.17, 15) is 9.59 Å². The average molecular weight is 588 g/mol. The van der Waals surface area contributed by atoms with Gasteiger partial charge in [0.05, 0.1) is 25.1 Å². The highest BCUT2D eigenvalue weighted by atomic mass is 16.5. The number of nitrogens with one attached hydrogen (secondary N) is 2. The highest BCUT2D eigenvalue weighted by Gasteiger charge is 2.12. The zero-order valence-electron chi connectivity index (χ0n) is 26.0. The number of unbranched alkanes of at least 4 members (excludes halogenated alkanes) is 10. The fraction of sp³-hybridized carbons (Fsp3) is 0.486. The number of benzene rings is 2. The maximum atomic E-state index is 12.3. The molecule has 8 heteroatoms. The first kappa shape index (κ1) is 33.6. The van der Waals surface area contributed by atoms with E-state index < -0.39 is 0 Å². The van der Waals surface area contributed by atoms with Gasteiger partial charge < -0.3 is 10.1 Å². The van der Waals surface area contributed by atoms with Gasteiger partial charge in [-0.1, -0.05) is 96.3 Å². The molecule has 0 aliphatic rings. The molecule has 0 radical (unpaired) electrons. The fourth-order valence-corrected chi connectivity index (χ4v) is 4.78. The lowest BCUT2D eigenvalue weighted by Gasteiger charge is -2.06. The zero-order chi connectivity index (χ0) is 30.5. The standard InChI is InChI=1S/C35H49N5O3/c1-3-5-6-7-8-9-10-11-12-13-17-20-33(41)36-27-34(42)38-37-26-30-28-40(31-18-15-14-16-19-31)39-35(30)29-21-23-32(24-22-29)43-25-4-2/h14-16,18-19,21-24,26,28H,3-13,17,20,25,27H2,1-2H3,(H,36,41)(H,38,42)/b37-26-. The number of para-hydroxylation sites is 1. The molecule has 0 bridgehead atoms. The van der Waals surface area contributed by atoms with E-state index in [2.05, 4.69) is 29.7 Å². The second kappa shape index (κ2) is 20.1. The van der Waals surface area contributed by atoms with Crippen LogP contribution in [0.5, 0.6) is 5.75 Å². The number of rotatable bonds is 21.